The highest BCUT2D eigenvalue weighted by Crippen LogP contribution is 2.36. The Morgan fingerprint density at radius 3 is 0.925 bits per heavy atom. The maximum Gasteiger partial charge on any atom is 0.347 e. The molecule has 2 heterocycles. The van der Waals surface area contributed by atoms with Crippen molar-refractivity contribution in [2.75, 3.05) is 0 Å². The van der Waals surface area contributed by atoms with Crippen molar-refractivity contribution in [2.24, 2.45) is 10.2 Å². The van der Waals surface area contributed by atoms with E-state index in [1.807, 2.05) is 12.1 Å². The molecule has 0 N–H and O–H groups in total. The minimum absolute atomic E-state index is 0.198. The van der Waals surface area contributed by atoms with Crippen molar-refractivity contribution in [3.63, 3.8) is 0 Å². The highest BCUT2D eigenvalue weighted by Gasteiger charge is 2.35. The Morgan fingerprint density at radius 2 is 0.625 bits per heavy atom. The molecule has 2 aliphatic heterocycles. The topological polar surface area (TPSA) is 111 Å². The second kappa shape index (κ2) is 10.2. The predicted octanol–water partition coefficient (Wildman–Crippen LogP) is 6.09. The Bertz CT molecular complexity index is 1640. The van der Waals surface area contributed by atoms with Crippen LogP contribution in [0, 0.1) is 0 Å². The zero-order chi connectivity index (χ0) is 27.6. The molecule has 0 unspecified atom stereocenters. The average molecular weight is 527 g/mol. The fourth-order valence-corrected chi connectivity index (χ4v) is 4.54. The van der Waals surface area contributed by atoms with Crippen LogP contribution < -0.4 is 0 Å². The molecule has 0 spiro atoms. The van der Waals surface area contributed by atoms with E-state index in [9.17, 15) is 19.2 Å². The third-order valence-corrected chi connectivity index (χ3v) is 6.41. The van der Waals surface area contributed by atoms with Gasteiger partial charge in [0.1, 0.15) is 0 Å². The lowest BCUT2D eigenvalue weighted by Gasteiger charge is -2.04. The highest BCUT2D eigenvalue weighted by molar-refractivity contribution is 6.45. The van der Waals surface area contributed by atoms with Crippen molar-refractivity contribution in [3.05, 3.63) is 131 Å². The van der Waals surface area contributed by atoms with Crippen LogP contribution in [0.3, 0.4) is 0 Å². The maximum atomic E-state index is 12.4. The molecule has 6 rings (SSSR count). The predicted molar refractivity (Wildman–Crippen MR) is 146 cm³/mol. The van der Waals surface area contributed by atoms with E-state index in [4.69, 9.17) is 9.47 Å². The summed E-state index contributed by atoms with van der Waals surface area (Å²) in [5.74, 6) is -2.76. The summed E-state index contributed by atoms with van der Waals surface area (Å²) in [6, 6.07) is 31.2. The molecule has 0 atom stereocenters. The van der Waals surface area contributed by atoms with E-state index in [0.29, 0.717) is 33.6 Å². The number of cyclic esters (lactones) is 4. The van der Waals surface area contributed by atoms with Crippen LogP contribution in [-0.4, -0.2) is 23.9 Å². The summed E-state index contributed by atoms with van der Waals surface area (Å²) in [4.78, 5) is 49.6. The second-order valence-electron chi connectivity index (χ2n) is 8.88. The Kier molecular flexibility index (Phi) is 6.26. The van der Waals surface area contributed by atoms with Crippen LogP contribution in [0.5, 0.6) is 0 Å². The van der Waals surface area contributed by atoms with Gasteiger partial charge in [-0.2, -0.15) is 10.2 Å². The first-order valence-electron chi connectivity index (χ1n) is 12.2. The molecule has 0 amide bonds. The minimum Gasteiger partial charge on any atom is -0.386 e. The number of azo groups is 1. The number of hydrogen-bond acceptors (Lipinski definition) is 8. The minimum atomic E-state index is -0.698. The van der Waals surface area contributed by atoms with Gasteiger partial charge in [0.2, 0.25) is 0 Å². The molecule has 4 aromatic rings. The highest BCUT2D eigenvalue weighted by atomic mass is 16.6. The number of hydrogen-bond donors (Lipinski definition) is 0. The van der Waals surface area contributed by atoms with Crippen molar-refractivity contribution in [3.8, 4) is 0 Å². The van der Waals surface area contributed by atoms with Crippen LogP contribution in [0.15, 0.2) is 119 Å². The van der Waals surface area contributed by atoms with Crippen molar-refractivity contribution < 1.29 is 28.7 Å². The molecule has 0 bridgehead atoms. The van der Waals surface area contributed by atoms with Crippen molar-refractivity contribution in [2.45, 2.75) is 0 Å². The van der Waals surface area contributed by atoms with Gasteiger partial charge < -0.3 is 9.47 Å². The van der Waals surface area contributed by atoms with Crippen molar-refractivity contribution in [1.29, 1.82) is 0 Å². The summed E-state index contributed by atoms with van der Waals surface area (Å²) in [7, 11) is 0. The van der Waals surface area contributed by atoms with Gasteiger partial charge in [0, 0.05) is 0 Å². The molecule has 0 fully saturated rings. The molecule has 192 valence electrons. The third kappa shape index (κ3) is 4.54. The van der Waals surface area contributed by atoms with Crippen LogP contribution in [0.25, 0.3) is 22.3 Å². The quantitative estimate of drug-likeness (QED) is 0.171. The van der Waals surface area contributed by atoms with Crippen LogP contribution in [0.2, 0.25) is 0 Å². The van der Waals surface area contributed by atoms with Crippen LogP contribution in [-0.2, 0) is 28.7 Å². The van der Waals surface area contributed by atoms with Crippen molar-refractivity contribution in [1.82, 2.24) is 0 Å². The summed E-state index contributed by atoms with van der Waals surface area (Å²) in [5, 5.41) is 8.48. The maximum absolute atomic E-state index is 12.4. The second-order valence-corrected chi connectivity index (χ2v) is 8.88. The van der Waals surface area contributed by atoms with Crippen LogP contribution >= 0.6 is 0 Å². The molecular formula is C32H18N2O6. The van der Waals surface area contributed by atoms with Crippen LogP contribution in [0.4, 0.5) is 11.4 Å². The molecular weight excluding hydrogens is 508 g/mol. The Labute approximate surface area is 227 Å². The van der Waals surface area contributed by atoms with Gasteiger partial charge >= 0.3 is 23.9 Å². The van der Waals surface area contributed by atoms with Gasteiger partial charge in [-0.15, -0.1) is 0 Å². The SMILES string of the molecule is O=C1OC(=O)C(c2ccc(N=Nc3ccc(C4=C(c5ccccc5)C(=O)OC4=O)cc3)cc2)=C1c1ccccc1. The fraction of sp³-hybridized carbons (Fsp3) is 0. The molecule has 0 saturated heterocycles. The summed E-state index contributed by atoms with van der Waals surface area (Å²) >= 11 is 0. The lowest BCUT2D eigenvalue weighted by atomic mass is 9.96. The molecule has 4 aromatic carbocycles. The summed E-state index contributed by atoms with van der Waals surface area (Å²) in [6.07, 6.45) is 0. The van der Waals surface area contributed by atoms with E-state index >= 15 is 0 Å². The van der Waals surface area contributed by atoms with E-state index in [0.717, 1.165) is 0 Å². The first kappa shape index (κ1) is 24.6. The van der Waals surface area contributed by atoms with Gasteiger partial charge in [0.15, 0.2) is 0 Å². The molecule has 8 heteroatoms. The first-order chi connectivity index (χ1) is 19.5. The summed E-state index contributed by atoms with van der Waals surface area (Å²) in [5.41, 5.74) is 4.13. The number of benzene rings is 4. The number of ether oxygens (including phenoxy) is 2. The fourth-order valence-electron chi connectivity index (χ4n) is 4.54. The van der Waals surface area contributed by atoms with Gasteiger partial charge in [-0.1, -0.05) is 84.9 Å². The molecule has 0 radical (unpaired) electrons. The van der Waals surface area contributed by atoms with Gasteiger partial charge in [0.25, 0.3) is 0 Å². The third-order valence-electron chi connectivity index (χ3n) is 6.41. The van der Waals surface area contributed by atoms with Gasteiger partial charge in [-0.25, -0.2) is 19.2 Å². The molecule has 8 nitrogen and oxygen atoms in total. The number of carbonyl (C=O) groups excluding carboxylic acids is 4. The van der Waals surface area contributed by atoms with Gasteiger partial charge in [0.05, 0.1) is 33.7 Å². The standard InChI is InChI=1S/C32H18N2O6/c35-29-25(19-7-3-1-4-8-19)27(31(37)39-29)21-11-15-23(16-12-21)33-34-24-17-13-22(14-18-24)28-26(30(36)40-32(28)38)20-9-5-2-6-10-20/h1-18H. The first-order valence-corrected chi connectivity index (χ1v) is 12.2. The van der Waals surface area contributed by atoms with Gasteiger partial charge in [-0.3, -0.25) is 0 Å². The normalized spacial score (nSPS) is 15.3. The van der Waals surface area contributed by atoms with Crippen molar-refractivity contribution >= 4 is 57.5 Å². The number of nitrogens with zero attached hydrogens (tertiary/aromatic N) is 2. The lowest BCUT2D eigenvalue weighted by molar-refractivity contribution is -0.151. The largest absolute Gasteiger partial charge is 0.386 e. The number of carbonyl (C=O) groups is 4. The van der Waals surface area contributed by atoms with Gasteiger partial charge in [-0.05, 0) is 46.5 Å². The van der Waals surface area contributed by atoms with E-state index in [1.165, 1.54) is 0 Å². The van der Waals surface area contributed by atoms with Crippen LogP contribution in [0.1, 0.15) is 22.3 Å². The smallest absolute Gasteiger partial charge is 0.347 e. The Hall–Kier alpha value is -5.76. The summed E-state index contributed by atoms with van der Waals surface area (Å²) < 4.78 is 9.75. The Balaban J connectivity index is 1.24. The summed E-state index contributed by atoms with van der Waals surface area (Å²) in [6.45, 7) is 0. The monoisotopic (exact) mass is 526 g/mol. The lowest BCUT2D eigenvalue weighted by Crippen LogP contribution is -2.01. The van der Waals surface area contributed by atoms with E-state index in [-0.39, 0.29) is 22.3 Å². The zero-order valence-corrected chi connectivity index (χ0v) is 20.7. The average Bonchev–Trinajstić information content (AvgIpc) is 3.46. The molecule has 0 saturated carbocycles. The zero-order valence-electron chi connectivity index (χ0n) is 20.7. The Morgan fingerprint density at radius 1 is 0.350 bits per heavy atom. The molecule has 0 aliphatic carbocycles. The van der Waals surface area contributed by atoms with E-state index < -0.39 is 23.9 Å². The molecule has 0 aromatic heterocycles. The molecule has 40 heavy (non-hydrogen) atoms. The number of esters is 4. The number of rotatable bonds is 6. The molecule has 2 aliphatic rings. The van der Waals surface area contributed by atoms with E-state index in [1.54, 1.807) is 97.1 Å². The van der Waals surface area contributed by atoms with E-state index in [2.05, 4.69) is 10.2 Å².